The molecular formula is C13H19N. The Morgan fingerprint density at radius 3 is 2.57 bits per heavy atom. The van der Waals surface area contributed by atoms with Crippen LogP contribution in [0, 0.1) is 6.92 Å². The fraction of sp³-hybridized carbons (Fsp3) is 0.538. The molecule has 0 N–H and O–H groups in total. The van der Waals surface area contributed by atoms with Gasteiger partial charge in [0.2, 0.25) is 0 Å². The van der Waals surface area contributed by atoms with Crippen molar-refractivity contribution in [2.45, 2.75) is 39.2 Å². The van der Waals surface area contributed by atoms with Gasteiger partial charge in [0.05, 0.1) is 0 Å². The van der Waals surface area contributed by atoms with Crippen molar-refractivity contribution in [2.24, 2.45) is 0 Å². The van der Waals surface area contributed by atoms with Crippen molar-refractivity contribution in [1.29, 1.82) is 0 Å². The fourth-order valence-corrected chi connectivity index (χ4v) is 2.39. The maximum atomic E-state index is 2.38. The molecule has 0 spiro atoms. The Labute approximate surface area is 86.7 Å². The molecule has 1 nitrogen and oxygen atoms in total. The smallest absolute Gasteiger partial charge is 0.0405 e. The van der Waals surface area contributed by atoms with Crippen LogP contribution in [0.3, 0.4) is 0 Å². The van der Waals surface area contributed by atoms with Crippen LogP contribution in [0.2, 0.25) is 0 Å². The number of likely N-dealkylation sites (N-methyl/N-ethyl adjacent to an activating group) is 1. The molecule has 1 heteroatoms. The highest BCUT2D eigenvalue weighted by atomic mass is 15.2. The third-order valence-corrected chi connectivity index (χ3v) is 3.85. The molecule has 1 aromatic carbocycles. The lowest BCUT2D eigenvalue weighted by Gasteiger charge is -2.28. The predicted octanol–water partition coefficient (Wildman–Crippen LogP) is 3.11. The number of fused-ring (bicyclic) bond motifs is 1. The largest absolute Gasteiger partial charge is 0.371 e. The molecule has 0 bridgehead atoms. The van der Waals surface area contributed by atoms with E-state index in [0.717, 1.165) is 0 Å². The van der Waals surface area contributed by atoms with E-state index in [0.29, 0.717) is 6.04 Å². The van der Waals surface area contributed by atoms with Crippen LogP contribution >= 0.6 is 0 Å². The number of hydrogen-bond donors (Lipinski definition) is 0. The summed E-state index contributed by atoms with van der Waals surface area (Å²) in [7, 11) is 2.19. The first kappa shape index (κ1) is 9.57. The summed E-state index contributed by atoms with van der Waals surface area (Å²) in [5.74, 6) is 0. The zero-order valence-electron chi connectivity index (χ0n) is 9.76. The number of anilines is 1. The van der Waals surface area contributed by atoms with Gasteiger partial charge in [0.1, 0.15) is 0 Å². The van der Waals surface area contributed by atoms with Gasteiger partial charge in [-0.15, -0.1) is 0 Å². The van der Waals surface area contributed by atoms with Gasteiger partial charge in [-0.3, -0.25) is 0 Å². The van der Waals surface area contributed by atoms with E-state index < -0.39 is 0 Å². The Morgan fingerprint density at radius 1 is 1.29 bits per heavy atom. The van der Waals surface area contributed by atoms with E-state index in [1.807, 2.05) is 0 Å². The van der Waals surface area contributed by atoms with Crippen molar-refractivity contribution in [1.82, 2.24) is 0 Å². The van der Waals surface area contributed by atoms with E-state index >= 15 is 0 Å². The summed E-state index contributed by atoms with van der Waals surface area (Å²) in [4.78, 5) is 2.38. The third-order valence-electron chi connectivity index (χ3n) is 3.85. The second-order valence-electron chi connectivity index (χ2n) is 5.03. The third kappa shape index (κ3) is 1.08. The number of benzene rings is 1. The van der Waals surface area contributed by atoms with E-state index in [-0.39, 0.29) is 5.41 Å². The van der Waals surface area contributed by atoms with Gasteiger partial charge in [-0.25, -0.2) is 0 Å². The van der Waals surface area contributed by atoms with Crippen LogP contribution in [0.4, 0.5) is 5.69 Å². The van der Waals surface area contributed by atoms with Crippen molar-refractivity contribution in [3.63, 3.8) is 0 Å². The monoisotopic (exact) mass is 189 g/mol. The predicted molar refractivity (Wildman–Crippen MR) is 62.1 cm³/mol. The molecule has 1 unspecified atom stereocenters. The molecule has 0 aliphatic carbocycles. The number of rotatable bonds is 0. The number of nitrogens with zero attached hydrogens (tertiary/aromatic N) is 1. The standard InChI is InChI=1S/C13H19N/c1-9-6-7-12-11(8-9)13(3,4)10(2)14(12)5/h6-8,10H,1-5H3. The maximum Gasteiger partial charge on any atom is 0.0405 e. The first-order valence-corrected chi connectivity index (χ1v) is 5.28. The Morgan fingerprint density at radius 2 is 1.93 bits per heavy atom. The summed E-state index contributed by atoms with van der Waals surface area (Å²) in [6.07, 6.45) is 0. The number of aryl methyl sites for hydroxylation is 1. The van der Waals surface area contributed by atoms with Crippen molar-refractivity contribution < 1.29 is 0 Å². The number of hydrogen-bond acceptors (Lipinski definition) is 1. The minimum atomic E-state index is 0.274. The minimum absolute atomic E-state index is 0.274. The highest BCUT2D eigenvalue weighted by Crippen LogP contribution is 2.44. The van der Waals surface area contributed by atoms with E-state index in [9.17, 15) is 0 Å². The average Bonchev–Trinajstić information content (AvgIpc) is 2.29. The van der Waals surface area contributed by atoms with Gasteiger partial charge in [0.25, 0.3) is 0 Å². The molecule has 2 rings (SSSR count). The van der Waals surface area contributed by atoms with E-state index in [1.54, 1.807) is 0 Å². The molecule has 0 fully saturated rings. The van der Waals surface area contributed by atoms with Crippen LogP contribution in [0.15, 0.2) is 18.2 Å². The maximum absolute atomic E-state index is 2.38. The average molecular weight is 189 g/mol. The minimum Gasteiger partial charge on any atom is -0.371 e. The molecule has 0 aromatic heterocycles. The molecule has 14 heavy (non-hydrogen) atoms. The molecule has 1 aromatic rings. The van der Waals surface area contributed by atoms with Crippen LogP contribution in [0.5, 0.6) is 0 Å². The van der Waals surface area contributed by atoms with E-state index in [1.165, 1.54) is 16.8 Å². The second-order valence-corrected chi connectivity index (χ2v) is 5.03. The Kier molecular flexibility index (Phi) is 1.88. The molecule has 0 radical (unpaired) electrons. The molecule has 1 atom stereocenters. The van der Waals surface area contributed by atoms with Crippen molar-refractivity contribution >= 4 is 5.69 Å². The topological polar surface area (TPSA) is 3.24 Å². The van der Waals surface area contributed by atoms with Gasteiger partial charge in [0.15, 0.2) is 0 Å². The lowest BCUT2D eigenvalue weighted by Crippen LogP contribution is -2.36. The highest BCUT2D eigenvalue weighted by molar-refractivity contribution is 5.64. The van der Waals surface area contributed by atoms with Crippen LogP contribution in [0.25, 0.3) is 0 Å². The van der Waals surface area contributed by atoms with Crippen molar-refractivity contribution in [3.8, 4) is 0 Å². The summed E-state index contributed by atoms with van der Waals surface area (Å²) < 4.78 is 0. The molecule has 0 saturated carbocycles. The normalized spacial score (nSPS) is 23.8. The van der Waals surface area contributed by atoms with Gasteiger partial charge in [0, 0.05) is 24.2 Å². The van der Waals surface area contributed by atoms with E-state index in [2.05, 4.69) is 57.8 Å². The SMILES string of the molecule is Cc1ccc2c(c1)C(C)(C)C(C)N2C. The summed E-state index contributed by atoms with van der Waals surface area (Å²) in [6.45, 7) is 9.13. The zero-order valence-corrected chi connectivity index (χ0v) is 9.76. The fourth-order valence-electron chi connectivity index (χ4n) is 2.39. The van der Waals surface area contributed by atoms with Crippen LogP contribution < -0.4 is 4.90 Å². The molecule has 1 aliphatic heterocycles. The van der Waals surface area contributed by atoms with Gasteiger partial charge >= 0.3 is 0 Å². The second kappa shape index (κ2) is 2.75. The van der Waals surface area contributed by atoms with Gasteiger partial charge in [-0.2, -0.15) is 0 Å². The Hall–Kier alpha value is -0.980. The van der Waals surface area contributed by atoms with Crippen LogP contribution in [-0.2, 0) is 5.41 Å². The van der Waals surface area contributed by atoms with Crippen LogP contribution in [0.1, 0.15) is 31.9 Å². The van der Waals surface area contributed by atoms with E-state index in [4.69, 9.17) is 0 Å². The quantitative estimate of drug-likeness (QED) is 0.606. The van der Waals surface area contributed by atoms with Gasteiger partial charge in [-0.05, 0) is 25.5 Å². The molecular weight excluding hydrogens is 170 g/mol. The molecule has 1 aliphatic rings. The summed E-state index contributed by atoms with van der Waals surface area (Å²) in [6, 6.07) is 7.36. The van der Waals surface area contributed by atoms with Gasteiger partial charge < -0.3 is 4.90 Å². The van der Waals surface area contributed by atoms with Crippen molar-refractivity contribution in [3.05, 3.63) is 29.3 Å². The zero-order chi connectivity index (χ0) is 10.5. The molecule has 0 amide bonds. The lowest BCUT2D eigenvalue weighted by atomic mass is 9.81. The first-order chi connectivity index (χ1) is 6.44. The molecule has 1 heterocycles. The summed E-state index contributed by atoms with van der Waals surface area (Å²) in [5.41, 5.74) is 4.52. The summed E-state index contributed by atoms with van der Waals surface area (Å²) in [5, 5.41) is 0. The molecule has 0 saturated heterocycles. The first-order valence-electron chi connectivity index (χ1n) is 5.28. The summed E-state index contributed by atoms with van der Waals surface area (Å²) >= 11 is 0. The Balaban J connectivity index is 2.63. The van der Waals surface area contributed by atoms with Gasteiger partial charge in [-0.1, -0.05) is 31.5 Å². The Bertz CT molecular complexity index is 365. The molecule has 76 valence electrons. The lowest BCUT2D eigenvalue weighted by molar-refractivity contribution is 0.454. The van der Waals surface area contributed by atoms with Crippen LogP contribution in [-0.4, -0.2) is 13.1 Å². The highest BCUT2D eigenvalue weighted by Gasteiger charge is 2.39. The van der Waals surface area contributed by atoms with Crippen molar-refractivity contribution in [2.75, 3.05) is 11.9 Å².